The molecule has 2 aromatic heterocycles. The van der Waals surface area contributed by atoms with Crippen LogP contribution in [0.25, 0.3) is 33.2 Å². The second-order valence-corrected chi connectivity index (χ2v) is 5.68. The van der Waals surface area contributed by atoms with E-state index in [1.807, 2.05) is 24.3 Å². The lowest BCUT2D eigenvalue weighted by molar-refractivity contribution is 1.30. The Bertz CT molecular complexity index is 856. The van der Waals surface area contributed by atoms with Crippen LogP contribution in [0.3, 0.4) is 0 Å². The maximum absolute atomic E-state index is 4.67. The Hall–Kier alpha value is -1.78. The van der Waals surface area contributed by atoms with Crippen molar-refractivity contribution in [3.05, 3.63) is 48.5 Å². The van der Waals surface area contributed by atoms with E-state index < -0.39 is 0 Å². The number of hydrogen-bond acceptors (Lipinski definition) is 2. The number of fused-ring (bicyclic) bond motifs is 2. The maximum atomic E-state index is 4.67. The molecular weight excluding hydrogens is 284 g/mol. The molecule has 0 atom stereocenters. The van der Waals surface area contributed by atoms with Crippen LogP contribution in [0.1, 0.15) is 0 Å². The standard InChI is InChI=1S/C16H12N2S2/c19-15-9-5-1-3-7-11(9)17-13(15)14-16(20)10-6-2-4-8-12(10)18-14/h1-8,17-20H. The first kappa shape index (κ1) is 12.0. The first-order chi connectivity index (χ1) is 9.75. The molecule has 20 heavy (non-hydrogen) atoms. The quantitative estimate of drug-likeness (QED) is 0.360. The number of H-pyrrole nitrogens is 2. The number of hydrogen-bond donors (Lipinski definition) is 4. The predicted octanol–water partition coefficient (Wildman–Crippen LogP) is 4.89. The van der Waals surface area contributed by atoms with Gasteiger partial charge in [-0.25, -0.2) is 0 Å². The molecule has 2 nitrogen and oxygen atoms in total. The number of para-hydroxylation sites is 2. The van der Waals surface area contributed by atoms with Crippen molar-refractivity contribution in [1.29, 1.82) is 0 Å². The molecule has 98 valence electrons. The van der Waals surface area contributed by atoms with E-state index >= 15 is 0 Å². The third kappa shape index (κ3) is 1.62. The highest BCUT2D eigenvalue weighted by molar-refractivity contribution is 7.81. The van der Waals surface area contributed by atoms with E-state index in [1.54, 1.807) is 0 Å². The van der Waals surface area contributed by atoms with Crippen LogP contribution >= 0.6 is 25.3 Å². The van der Waals surface area contributed by atoms with Crippen LogP contribution in [0.5, 0.6) is 0 Å². The summed E-state index contributed by atoms with van der Waals surface area (Å²) in [4.78, 5) is 8.74. The van der Waals surface area contributed by atoms with Crippen molar-refractivity contribution in [2.45, 2.75) is 9.79 Å². The van der Waals surface area contributed by atoms with Crippen LogP contribution in [-0.4, -0.2) is 9.97 Å². The Morgan fingerprint density at radius 2 is 1.00 bits per heavy atom. The van der Waals surface area contributed by atoms with E-state index in [4.69, 9.17) is 0 Å². The topological polar surface area (TPSA) is 31.6 Å². The summed E-state index contributed by atoms with van der Waals surface area (Å²) in [5.74, 6) is 0. The number of benzene rings is 2. The Morgan fingerprint density at radius 1 is 0.600 bits per heavy atom. The van der Waals surface area contributed by atoms with Crippen LogP contribution in [0.2, 0.25) is 0 Å². The van der Waals surface area contributed by atoms with Gasteiger partial charge in [0.2, 0.25) is 0 Å². The first-order valence-corrected chi connectivity index (χ1v) is 7.25. The molecule has 4 rings (SSSR count). The zero-order valence-corrected chi connectivity index (χ0v) is 12.3. The van der Waals surface area contributed by atoms with E-state index in [0.29, 0.717) is 0 Å². The molecule has 0 radical (unpaired) electrons. The molecule has 0 spiro atoms. The molecule has 2 aromatic carbocycles. The molecule has 4 heteroatoms. The monoisotopic (exact) mass is 296 g/mol. The zero-order chi connectivity index (χ0) is 13.7. The van der Waals surface area contributed by atoms with Gasteiger partial charge in [-0.05, 0) is 12.1 Å². The van der Waals surface area contributed by atoms with Gasteiger partial charge in [0.1, 0.15) is 0 Å². The van der Waals surface area contributed by atoms with Gasteiger partial charge in [0.05, 0.1) is 11.4 Å². The predicted molar refractivity (Wildman–Crippen MR) is 90.1 cm³/mol. The fraction of sp³-hybridized carbons (Fsp3) is 0. The molecular formula is C16H12N2S2. The van der Waals surface area contributed by atoms with E-state index in [0.717, 1.165) is 43.0 Å². The molecule has 0 saturated heterocycles. The van der Waals surface area contributed by atoms with Crippen LogP contribution in [0.4, 0.5) is 0 Å². The van der Waals surface area contributed by atoms with Crippen molar-refractivity contribution in [2.75, 3.05) is 0 Å². The van der Waals surface area contributed by atoms with Crippen LogP contribution in [0.15, 0.2) is 58.3 Å². The van der Waals surface area contributed by atoms with Crippen molar-refractivity contribution in [1.82, 2.24) is 9.97 Å². The normalized spacial score (nSPS) is 11.5. The summed E-state index contributed by atoms with van der Waals surface area (Å²) in [5, 5.41) is 2.24. The highest BCUT2D eigenvalue weighted by atomic mass is 32.1. The number of rotatable bonds is 1. The van der Waals surface area contributed by atoms with Crippen molar-refractivity contribution in [2.24, 2.45) is 0 Å². The minimum absolute atomic E-state index is 0.947. The van der Waals surface area contributed by atoms with Gasteiger partial charge in [0.25, 0.3) is 0 Å². The lowest BCUT2D eigenvalue weighted by atomic mass is 10.2. The Labute approximate surface area is 127 Å². The van der Waals surface area contributed by atoms with Gasteiger partial charge in [0, 0.05) is 31.6 Å². The van der Waals surface area contributed by atoms with Gasteiger partial charge in [0.15, 0.2) is 0 Å². The fourth-order valence-electron chi connectivity index (χ4n) is 2.62. The van der Waals surface area contributed by atoms with Crippen LogP contribution in [-0.2, 0) is 0 Å². The lowest BCUT2D eigenvalue weighted by Gasteiger charge is -1.98. The number of aromatic amines is 2. The second-order valence-electron chi connectivity index (χ2n) is 4.79. The molecule has 0 amide bonds. The van der Waals surface area contributed by atoms with Gasteiger partial charge >= 0.3 is 0 Å². The summed E-state index contributed by atoms with van der Waals surface area (Å²) < 4.78 is 0. The van der Waals surface area contributed by atoms with Crippen LogP contribution < -0.4 is 0 Å². The summed E-state index contributed by atoms with van der Waals surface area (Å²) in [7, 11) is 0. The molecule has 0 aliphatic heterocycles. The third-order valence-corrected chi connectivity index (χ3v) is 4.54. The highest BCUT2D eigenvalue weighted by Gasteiger charge is 2.15. The molecule has 2 heterocycles. The molecule has 0 saturated carbocycles. The lowest BCUT2D eigenvalue weighted by Crippen LogP contribution is -1.79. The maximum Gasteiger partial charge on any atom is 0.0777 e. The highest BCUT2D eigenvalue weighted by Crippen LogP contribution is 2.38. The Balaban J connectivity index is 2.06. The average molecular weight is 296 g/mol. The van der Waals surface area contributed by atoms with E-state index in [9.17, 15) is 0 Å². The first-order valence-electron chi connectivity index (χ1n) is 6.35. The summed E-state index contributed by atoms with van der Waals surface area (Å²) in [6, 6.07) is 16.3. The smallest absolute Gasteiger partial charge is 0.0777 e. The van der Waals surface area contributed by atoms with Gasteiger partial charge in [-0.2, -0.15) is 0 Å². The summed E-state index contributed by atoms with van der Waals surface area (Å²) in [5.41, 5.74) is 4.13. The van der Waals surface area contributed by atoms with E-state index in [2.05, 4.69) is 59.5 Å². The van der Waals surface area contributed by atoms with Crippen molar-refractivity contribution >= 4 is 47.1 Å². The number of thiol groups is 2. The summed E-state index contributed by atoms with van der Waals surface area (Å²) in [6.45, 7) is 0. The minimum Gasteiger partial charge on any atom is -0.352 e. The zero-order valence-electron chi connectivity index (χ0n) is 10.5. The molecule has 2 N–H and O–H groups in total. The van der Waals surface area contributed by atoms with Gasteiger partial charge < -0.3 is 9.97 Å². The van der Waals surface area contributed by atoms with Crippen molar-refractivity contribution in [3.8, 4) is 11.4 Å². The van der Waals surface area contributed by atoms with E-state index in [-0.39, 0.29) is 0 Å². The van der Waals surface area contributed by atoms with Gasteiger partial charge in [-0.1, -0.05) is 36.4 Å². The average Bonchev–Trinajstić information content (AvgIpc) is 2.98. The second kappa shape index (κ2) is 4.36. The summed E-state index contributed by atoms with van der Waals surface area (Å²) in [6.07, 6.45) is 0. The molecule has 0 aliphatic carbocycles. The SMILES string of the molecule is Sc1c(-c2[nH]c3ccccc3c2S)[nH]c2ccccc12. The minimum atomic E-state index is 0.947. The summed E-state index contributed by atoms with van der Waals surface area (Å²) >= 11 is 9.34. The molecule has 0 fully saturated rings. The third-order valence-electron chi connectivity index (χ3n) is 3.61. The van der Waals surface area contributed by atoms with Gasteiger partial charge in [-0.3, -0.25) is 0 Å². The number of aromatic nitrogens is 2. The molecule has 0 unspecified atom stereocenters. The van der Waals surface area contributed by atoms with Crippen LogP contribution in [0, 0.1) is 0 Å². The van der Waals surface area contributed by atoms with Crippen molar-refractivity contribution < 1.29 is 0 Å². The van der Waals surface area contributed by atoms with E-state index in [1.165, 1.54) is 0 Å². The van der Waals surface area contributed by atoms with Gasteiger partial charge in [-0.15, -0.1) is 25.3 Å². The largest absolute Gasteiger partial charge is 0.352 e. The Morgan fingerprint density at radius 3 is 1.40 bits per heavy atom. The van der Waals surface area contributed by atoms with Crippen molar-refractivity contribution in [3.63, 3.8) is 0 Å². The fourth-order valence-corrected chi connectivity index (χ4v) is 3.34. The molecule has 4 aromatic rings. The molecule has 0 aliphatic rings. The molecule has 0 bridgehead atoms. The number of nitrogens with one attached hydrogen (secondary N) is 2. The Kier molecular flexibility index (Phi) is 2.62.